The Balaban J connectivity index is 2.06. The van der Waals surface area contributed by atoms with Crippen LogP contribution in [0.1, 0.15) is 37.5 Å². The Morgan fingerprint density at radius 1 is 1.38 bits per heavy atom. The summed E-state index contributed by atoms with van der Waals surface area (Å²) in [6.45, 7) is 1.92. The summed E-state index contributed by atoms with van der Waals surface area (Å²) < 4.78 is 7.12. The van der Waals surface area contributed by atoms with Crippen LogP contribution in [-0.4, -0.2) is 21.4 Å². The number of aliphatic hydroxyl groups is 1. The molecule has 24 heavy (non-hydrogen) atoms. The van der Waals surface area contributed by atoms with Gasteiger partial charge < -0.3 is 14.2 Å². The van der Waals surface area contributed by atoms with Gasteiger partial charge in [0.2, 0.25) is 0 Å². The number of nitrogens with zero attached hydrogens (tertiary/aromatic N) is 2. The second-order valence-electron chi connectivity index (χ2n) is 6.64. The van der Waals surface area contributed by atoms with E-state index < -0.39 is 0 Å². The Labute approximate surface area is 143 Å². The predicted octanol–water partition coefficient (Wildman–Crippen LogP) is 3.83. The van der Waals surface area contributed by atoms with Gasteiger partial charge in [0.15, 0.2) is 0 Å². The molecule has 4 rings (SSSR count). The molecule has 2 heterocycles. The molecule has 126 valence electrons. The normalized spacial score (nSPS) is 21.6. The molecule has 3 aromatic rings. The van der Waals surface area contributed by atoms with E-state index in [1.165, 1.54) is 0 Å². The topological polar surface area (TPSA) is 68.3 Å². The molecule has 0 saturated heterocycles. The molecule has 6 heteroatoms. The highest BCUT2D eigenvalue weighted by molar-refractivity contribution is 6.37. The molecule has 0 radical (unpaired) electrons. The standard InChI is InChI=1S/C18H19ClN2O3/c1-10-15-17(20-24-10)16-13(19)6-3-7-14(16)21(18(15)23)12-5-2-4-11(8-12)9-22/h3,6-7,11-12,22H,2,4-5,8-9H2,1H3. The Morgan fingerprint density at radius 3 is 3.00 bits per heavy atom. The molecule has 0 spiro atoms. The second kappa shape index (κ2) is 5.90. The molecule has 1 fully saturated rings. The first-order chi connectivity index (χ1) is 11.6. The molecule has 5 nitrogen and oxygen atoms in total. The third-order valence-corrected chi connectivity index (χ3v) is 5.48. The van der Waals surface area contributed by atoms with Gasteiger partial charge in [0.25, 0.3) is 5.56 Å². The van der Waals surface area contributed by atoms with Gasteiger partial charge in [0.05, 0.1) is 10.5 Å². The van der Waals surface area contributed by atoms with Crippen molar-refractivity contribution in [1.29, 1.82) is 0 Å². The molecular formula is C18H19ClN2O3. The molecule has 0 amide bonds. The Bertz CT molecular complexity index is 976. The van der Waals surface area contributed by atoms with Gasteiger partial charge in [0.1, 0.15) is 16.7 Å². The summed E-state index contributed by atoms with van der Waals surface area (Å²) in [4.78, 5) is 13.2. The Hall–Kier alpha value is -1.85. The van der Waals surface area contributed by atoms with Crippen molar-refractivity contribution in [3.63, 3.8) is 0 Å². The van der Waals surface area contributed by atoms with Crippen LogP contribution in [0.25, 0.3) is 21.8 Å². The van der Waals surface area contributed by atoms with E-state index in [0.29, 0.717) is 21.7 Å². The third kappa shape index (κ3) is 2.26. The molecule has 1 aliphatic rings. The number of hydrogen-bond donors (Lipinski definition) is 1. The quantitative estimate of drug-likeness (QED) is 0.765. The highest BCUT2D eigenvalue weighted by atomic mass is 35.5. The molecule has 0 aliphatic heterocycles. The van der Waals surface area contributed by atoms with Gasteiger partial charge in [-0.3, -0.25) is 4.79 Å². The zero-order valence-electron chi connectivity index (χ0n) is 13.5. The van der Waals surface area contributed by atoms with Crippen LogP contribution in [0, 0.1) is 12.8 Å². The van der Waals surface area contributed by atoms with Crippen LogP contribution in [0.4, 0.5) is 0 Å². The lowest BCUT2D eigenvalue weighted by molar-refractivity contribution is 0.163. The number of aromatic nitrogens is 2. The zero-order valence-corrected chi connectivity index (χ0v) is 14.2. The van der Waals surface area contributed by atoms with Crippen molar-refractivity contribution >= 4 is 33.4 Å². The van der Waals surface area contributed by atoms with Crippen LogP contribution in [0.5, 0.6) is 0 Å². The van der Waals surface area contributed by atoms with E-state index in [9.17, 15) is 9.90 Å². The van der Waals surface area contributed by atoms with Crippen LogP contribution in [-0.2, 0) is 0 Å². The molecule has 1 aromatic carbocycles. The monoisotopic (exact) mass is 346 g/mol. The Kier molecular flexibility index (Phi) is 3.85. The van der Waals surface area contributed by atoms with Gasteiger partial charge in [-0.2, -0.15) is 0 Å². The van der Waals surface area contributed by atoms with E-state index in [0.717, 1.165) is 36.6 Å². The fourth-order valence-electron chi connectivity index (χ4n) is 4.00. The molecular weight excluding hydrogens is 328 g/mol. The SMILES string of the molecule is Cc1onc2c1c(=O)n(C1CCCC(CO)C1)c1cccc(Cl)c21. The largest absolute Gasteiger partial charge is 0.396 e. The minimum absolute atomic E-state index is 0.0584. The maximum absolute atomic E-state index is 13.2. The lowest BCUT2D eigenvalue weighted by Gasteiger charge is -2.30. The van der Waals surface area contributed by atoms with Crippen molar-refractivity contribution in [2.75, 3.05) is 6.61 Å². The summed E-state index contributed by atoms with van der Waals surface area (Å²) in [6, 6.07) is 5.63. The van der Waals surface area contributed by atoms with Crippen LogP contribution < -0.4 is 5.56 Å². The van der Waals surface area contributed by atoms with Gasteiger partial charge in [0, 0.05) is 18.0 Å². The van der Waals surface area contributed by atoms with Crippen LogP contribution in [0.3, 0.4) is 0 Å². The number of hydrogen-bond acceptors (Lipinski definition) is 4. The van der Waals surface area contributed by atoms with Crippen LogP contribution in [0.2, 0.25) is 5.02 Å². The lowest BCUT2D eigenvalue weighted by Crippen LogP contribution is -2.30. The number of pyridine rings is 1. The molecule has 0 bridgehead atoms. The first-order valence-corrected chi connectivity index (χ1v) is 8.69. The Morgan fingerprint density at radius 2 is 2.21 bits per heavy atom. The molecule has 1 saturated carbocycles. The number of aliphatic hydroxyl groups excluding tert-OH is 1. The van der Waals surface area contributed by atoms with Crippen molar-refractivity contribution in [1.82, 2.24) is 9.72 Å². The van der Waals surface area contributed by atoms with Gasteiger partial charge >= 0.3 is 0 Å². The fourth-order valence-corrected chi connectivity index (χ4v) is 4.26. The summed E-state index contributed by atoms with van der Waals surface area (Å²) in [5.41, 5.74) is 1.24. The average molecular weight is 347 g/mol. The van der Waals surface area contributed by atoms with Crippen molar-refractivity contribution in [3.05, 3.63) is 39.3 Å². The van der Waals surface area contributed by atoms with Crippen molar-refractivity contribution in [2.24, 2.45) is 5.92 Å². The van der Waals surface area contributed by atoms with E-state index in [-0.39, 0.29) is 24.1 Å². The van der Waals surface area contributed by atoms with Gasteiger partial charge in [-0.25, -0.2) is 0 Å². The molecule has 2 atom stereocenters. The number of aryl methyl sites for hydroxylation is 1. The lowest BCUT2D eigenvalue weighted by atomic mass is 9.85. The summed E-state index contributed by atoms with van der Waals surface area (Å²) in [5, 5.41) is 15.4. The maximum atomic E-state index is 13.2. The summed E-state index contributed by atoms with van der Waals surface area (Å²) in [6.07, 6.45) is 3.74. The first-order valence-electron chi connectivity index (χ1n) is 8.31. The minimum atomic E-state index is -0.0814. The summed E-state index contributed by atoms with van der Waals surface area (Å²) >= 11 is 6.43. The number of halogens is 1. The number of benzene rings is 1. The van der Waals surface area contributed by atoms with Crippen molar-refractivity contribution in [3.8, 4) is 0 Å². The number of rotatable bonds is 2. The highest BCUT2D eigenvalue weighted by Crippen LogP contribution is 2.36. The molecule has 1 aliphatic carbocycles. The van der Waals surface area contributed by atoms with Crippen molar-refractivity contribution < 1.29 is 9.63 Å². The number of fused-ring (bicyclic) bond motifs is 3. The first kappa shape index (κ1) is 15.7. The molecule has 2 unspecified atom stereocenters. The predicted molar refractivity (Wildman–Crippen MR) is 93.6 cm³/mol. The smallest absolute Gasteiger partial charge is 0.264 e. The van der Waals surface area contributed by atoms with E-state index in [1.807, 2.05) is 16.7 Å². The summed E-state index contributed by atoms with van der Waals surface area (Å²) in [5.74, 6) is 0.754. The minimum Gasteiger partial charge on any atom is -0.396 e. The average Bonchev–Trinajstić information content (AvgIpc) is 2.97. The third-order valence-electron chi connectivity index (χ3n) is 5.16. The zero-order chi connectivity index (χ0) is 16.8. The van der Waals surface area contributed by atoms with Gasteiger partial charge in [-0.05, 0) is 44.2 Å². The van der Waals surface area contributed by atoms with Gasteiger partial charge in [-0.15, -0.1) is 0 Å². The molecule has 2 aromatic heterocycles. The van der Waals surface area contributed by atoms with E-state index in [1.54, 1.807) is 13.0 Å². The van der Waals surface area contributed by atoms with E-state index in [4.69, 9.17) is 16.1 Å². The van der Waals surface area contributed by atoms with Gasteiger partial charge in [-0.1, -0.05) is 29.2 Å². The van der Waals surface area contributed by atoms with Crippen LogP contribution >= 0.6 is 11.6 Å². The summed E-state index contributed by atoms with van der Waals surface area (Å²) in [7, 11) is 0. The van der Waals surface area contributed by atoms with E-state index in [2.05, 4.69) is 5.16 Å². The molecule has 1 N–H and O–H groups in total. The van der Waals surface area contributed by atoms with Crippen LogP contribution in [0.15, 0.2) is 27.5 Å². The fraction of sp³-hybridized carbons (Fsp3) is 0.444. The van der Waals surface area contributed by atoms with Crippen molar-refractivity contribution in [2.45, 2.75) is 38.6 Å². The van der Waals surface area contributed by atoms with E-state index >= 15 is 0 Å². The second-order valence-corrected chi connectivity index (χ2v) is 7.05. The maximum Gasteiger partial charge on any atom is 0.264 e. The highest BCUT2D eigenvalue weighted by Gasteiger charge is 2.27.